The number of nitrogens with zero attached hydrogens (tertiary/aromatic N) is 1. The Morgan fingerprint density at radius 3 is 2.37 bits per heavy atom. The topological polar surface area (TPSA) is 45.7 Å². The highest BCUT2D eigenvalue weighted by atomic mass is 127. The van der Waals surface area contributed by atoms with Crippen molar-refractivity contribution >= 4 is 29.9 Å². The molecule has 0 unspecified atom stereocenters. The van der Waals surface area contributed by atoms with Gasteiger partial charge in [0.2, 0.25) is 0 Å². The van der Waals surface area contributed by atoms with Crippen molar-refractivity contribution in [3.63, 3.8) is 0 Å². The molecule has 0 aliphatic carbocycles. The van der Waals surface area contributed by atoms with Gasteiger partial charge >= 0.3 is 0 Å². The summed E-state index contributed by atoms with van der Waals surface area (Å²) in [5.41, 5.74) is 0. The van der Waals surface area contributed by atoms with Gasteiger partial charge in [0.25, 0.3) is 0 Å². The molecule has 0 bridgehead atoms. The Morgan fingerprint density at radius 2 is 1.79 bits per heavy atom. The maximum atomic E-state index is 5.50. The molecule has 0 radical (unpaired) electrons. The second kappa shape index (κ2) is 16.0. The lowest BCUT2D eigenvalue weighted by atomic mass is 10.2. The third-order valence-electron chi connectivity index (χ3n) is 2.54. The standard InChI is InChI=1S/C14H31N3O.HI/c1-5-6-7-8-9-16-14(15-4)17-10-11-18-12-13(2)3;/h13H,5-12H2,1-4H3,(H2,15,16,17);1H. The molecule has 0 atom stereocenters. The van der Waals surface area contributed by atoms with Crippen LogP contribution >= 0.6 is 24.0 Å². The first-order chi connectivity index (χ1) is 8.70. The van der Waals surface area contributed by atoms with E-state index < -0.39 is 0 Å². The van der Waals surface area contributed by atoms with Gasteiger partial charge in [-0.05, 0) is 12.3 Å². The summed E-state index contributed by atoms with van der Waals surface area (Å²) in [5, 5.41) is 6.56. The molecule has 0 aliphatic rings. The van der Waals surface area contributed by atoms with Gasteiger partial charge in [-0.15, -0.1) is 24.0 Å². The Hall–Kier alpha value is -0.0400. The molecule has 19 heavy (non-hydrogen) atoms. The Bertz CT molecular complexity index is 211. The number of nitrogens with one attached hydrogen (secondary N) is 2. The monoisotopic (exact) mass is 385 g/mol. The van der Waals surface area contributed by atoms with Crippen molar-refractivity contribution in [1.29, 1.82) is 0 Å². The van der Waals surface area contributed by atoms with Gasteiger partial charge in [-0.1, -0.05) is 40.0 Å². The molecule has 0 aliphatic heterocycles. The van der Waals surface area contributed by atoms with Crippen LogP contribution in [0.2, 0.25) is 0 Å². The van der Waals surface area contributed by atoms with Gasteiger partial charge in [0.15, 0.2) is 5.96 Å². The third kappa shape index (κ3) is 15.9. The summed E-state index contributed by atoms with van der Waals surface area (Å²) in [6.07, 6.45) is 5.09. The van der Waals surface area contributed by atoms with Crippen molar-refractivity contribution in [3.8, 4) is 0 Å². The highest BCUT2D eigenvalue weighted by molar-refractivity contribution is 14.0. The fourth-order valence-electron chi connectivity index (χ4n) is 1.54. The number of aliphatic imine (C=N–C) groups is 1. The minimum Gasteiger partial charge on any atom is -0.379 e. The first kappa shape index (κ1) is 21.3. The molecule has 0 aromatic heterocycles. The lowest BCUT2D eigenvalue weighted by molar-refractivity contribution is 0.114. The smallest absolute Gasteiger partial charge is 0.191 e. The summed E-state index contributed by atoms with van der Waals surface area (Å²) in [6, 6.07) is 0. The molecule has 0 aromatic rings. The maximum Gasteiger partial charge on any atom is 0.191 e. The van der Waals surface area contributed by atoms with Gasteiger partial charge in [-0.25, -0.2) is 0 Å². The fraction of sp³-hybridized carbons (Fsp3) is 0.929. The summed E-state index contributed by atoms with van der Waals surface area (Å²) in [6.45, 7) is 9.90. The number of rotatable bonds is 10. The van der Waals surface area contributed by atoms with Crippen molar-refractivity contribution in [2.75, 3.05) is 33.4 Å². The van der Waals surface area contributed by atoms with Crippen LogP contribution in [0, 0.1) is 5.92 Å². The first-order valence-electron chi connectivity index (χ1n) is 7.23. The fourth-order valence-corrected chi connectivity index (χ4v) is 1.54. The molecule has 0 saturated carbocycles. The zero-order valence-electron chi connectivity index (χ0n) is 13.0. The number of guanidine groups is 1. The first-order valence-corrected chi connectivity index (χ1v) is 7.23. The Morgan fingerprint density at radius 1 is 1.11 bits per heavy atom. The molecule has 0 fully saturated rings. The molecule has 0 amide bonds. The van der Waals surface area contributed by atoms with Crippen LogP contribution in [0.25, 0.3) is 0 Å². The van der Waals surface area contributed by atoms with Crippen LogP contribution in [0.15, 0.2) is 4.99 Å². The molecule has 5 heteroatoms. The van der Waals surface area contributed by atoms with E-state index in [0.717, 1.165) is 32.3 Å². The van der Waals surface area contributed by atoms with E-state index >= 15 is 0 Å². The van der Waals surface area contributed by atoms with Gasteiger partial charge in [-0.2, -0.15) is 0 Å². The normalized spacial score (nSPS) is 11.3. The van der Waals surface area contributed by atoms with Gasteiger partial charge < -0.3 is 15.4 Å². The molecular formula is C14H32IN3O. The number of hydrogen-bond acceptors (Lipinski definition) is 2. The van der Waals surface area contributed by atoms with Gasteiger partial charge in [0, 0.05) is 26.7 Å². The van der Waals surface area contributed by atoms with E-state index in [1.165, 1.54) is 25.7 Å². The molecule has 0 saturated heterocycles. The molecule has 0 heterocycles. The molecule has 4 nitrogen and oxygen atoms in total. The van der Waals surface area contributed by atoms with E-state index in [0.29, 0.717) is 5.92 Å². The number of hydrogen-bond donors (Lipinski definition) is 2. The second-order valence-electron chi connectivity index (χ2n) is 4.96. The van der Waals surface area contributed by atoms with Crippen molar-refractivity contribution in [2.24, 2.45) is 10.9 Å². The van der Waals surface area contributed by atoms with E-state index in [4.69, 9.17) is 4.74 Å². The van der Waals surface area contributed by atoms with E-state index in [1.807, 2.05) is 0 Å². The molecule has 116 valence electrons. The SMILES string of the molecule is CCCCCCNC(=NC)NCCOCC(C)C.I. The second-order valence-corrected chi connectivity index (χ2v) is 4.96. The van der Waals surface area contributed by atoms with Crippen LogP contribution in [0.4, 0.5) is 0 Å². The zero-order chi connectivity index (χ0) is 13.6. The average Bonchev–Trinajstić information content (AvgIpc) is 2.35. The number of unbranched alkanes of at least 4 members (excludes halogenated alkanes) is 3. The van der Waals surface area contributed by atoms with E-state index in [9.17, 15) is 0 Å². The van der Waals surface area contributed by atoms with Crippen LogP contribution in [-0.4, -0.2) is 39.3 Å². The van der Waals surface area contributed by atoms with E-state index in [1.54, 1.807) is 7.05 Å². The molecule has 0 spiro atoms. The Balaban J connectivity index is 0. The Labute approximate surface area is 136 Å². The molecular weight excluding hydrogens is 353 g/mol. The average molecular weight is 385 g/mol. The van der Waals surface area contributed by atoms with E-state index in [-0.39, 0.29) is 24.0 Å². The highest BCUT2D eigenvalue weighted by Crippen LogP contribution is 1.96. The van der Waals surface area contributed by atoms with Crippen LogP contribution < -0.4 is 10.6 Å². The number of halogens is 1. The minimum atomic E-state index is 0. The van der Waals surface area contributed by atoms with Crippen LogP contribution in [0.3, 0.4) is 0 Å². The van der Waals surface area contributed by atoms with Crippen LogP contribution in [0.1, 0.15) is 46.5 Å². The quantitative estimate of drug-likeness (QED) is 0.263. The lowest BCUT2D eigenvalue weighted by Gasteiger charge is -2.12. The van der Waals surface area contributed by atoms with Crippen molar-refractivity contribution in [3.05, 3.63) is 0 Å². The van der Waals surface area contributed by atoms with E-state index in [2.05, 4.69) is 36.4 Å². The zero-order valence-corrected chi connectivity index (χ0v) is 15.3. The molecule has 2 N–H and O–H groups in total. The van der Waals surface area contributed by atoms with Gasteiger partial charge in [-0.3, -0.25) is 4.99 Å². The van der Waals surface area contributed by atoms with Crippen LogP contribution in [0.5, 0.6) is 0 Å². The van der Waals surface area contributed by atoms with Crippen molar-refractivity contribution in [1.82, 2.24) is 10.6 Å². The van der Waals surface area contributed by atoms with Crippen LogP contribution in [-0.2, 0) is 4.74 Å². The van der Waals surface area contributed by atoms with Crippen molar-refractivity contribution < 1.29 is 4.74 Å². The summed E-state index contributed by atoms with van der Waals surface area (Å²) in [5.74, 6) is 1.47. The van der Waals surface area contributed by atoms with Crippen molar-refractivity contribution in [2.45, 2.75) is 46.5 Å². The molecule has 0 aromatic carbocycles. The highest BCUT2D eigenvalue weighted by Gasteiger charge is 1.97. The Kier molecular flexibility index (Phi) is 17.9. The summed E-state index contributed by atoms with van der Waals surface area (Å²) >= 11 is 0. The van der Waals surface area contributed by atoms with Gasteiger partial charge in [0.1, 0.15) is 0 Å². The largest absolute Gasteiger partial charge is 0.379 e. The number of ether oxygens (including phenoxy) is 1. The lowest BCUT2D eigenvalue weighted by Crippen LogP contribution is -2.39. The predicted molar refractivity (Wildman–Crippen MR) is 94.6 cm³/mol. The minimum absolute atomic E-state index is 0. The maximum absolute atomic E-state index is 5.50. The third-order valence-corrected chi connectivity index (χ3v) is 2.54. The summed E-state index contributed by atoms with van der Waals surface area (Å²) in [4.78, 5) is 4.18. The predicted octanol–water partition coefficient (Wildman–Crippen LogP) is 3.02. The summed E-state index contributed by atoms with van der Waals surface area (Å²) < 4.78 is 5.50. The summed E-state index contributed by atoms with van der Waals surface area (Å²) in [7, 11) is 1.80. The van der Waals surface area contributed by atoms with Gasteiger partial charge in [0.05, 0.1) is 6.61 Å². The molecule has 0 rings (SSSR count).